The second kappa shape index (κ2) is 5.01. The molecule has 0 spiro atoms. The van der Waals surface area contributed by atoms with E-state index in [0.29, 0.717) is 4.90 Å². The average molecular weight is 261 g/mol. The van der Waals surface area contributed by atoms with Gasteiger partial charge in [-0.25, -0.2) is 4.90 Å². The summed E-state index contributed by atoms with van der Waals surface area (Å²) in [4.78, 5) is 46.6. The van der Waals surface area contributed by atoms with E-state index in [9.17, 15) is 19.2 Å². The van der Waals surface area contributed by atoms with Gasteiger partial charge in [-0.1, -0.05) is 12.1 Å². The van der Waals surface area contributed by atoms with Crippen LogP contribution in [0.25, 0.3) is 0 Å². The number of amides is 3. The van der Waals surface area contributed by atoms with Crippen LogP contribution >= 0.6 is 0 Å². The van der Waals surface area contributed by atoms with Crippen LogP contribution in [0, 0.1) is 0 Å². The Morgan fingerprint density at radius 3 is 2.00 bits per heavy atom. The van der Waals surface area contributed by atoms with E-state index >= 15 is 0 Å². The lowest BCUT2D eigenvalue weighted by Crippen LogP contribution is -2.35. The van der Waals surface area contributed by atoms with E-state index in [1.807, 2.05) is 0 Å². The van der Waals surface area contributed by atoms with Crippen LogP contribution in [-0.2, 0) is 9.59 Å². The van der Waals surface area contributed by atoms with Crippen LogP contribution in [0.1, 0.15) is 40.0 Å². The molecule has 1 aromatic rings. The summed E-state index contributed by atoms with van der Waals surface area (Å²) in [6, 6.07) is 6.20. The van der Waals surface area contributed by atoms with Gasteiger partial charge in [0.15, 0.2) is 0 Å². The van der Waals surface area contributed by atoms with E-state index in [-0.39, 0.29) is 30.4 Å². The fourth-order valence-corrected chi connectivity index (χ4v) is 1.92. The van der Waals surface area contributed by atoms with Gasteiger partial charge in [0.2, 0.25) is 5.91 Å². The van der Waals surface area contributed by atoms with Gasteiger partial charge in [-0.05, 0) is 18.6 Å². The molecule has 0 aliphatic carbocycles. The number of carbonyl (C=O) groups is 4. The Kier molecular flexibility index (Phi) is 3.41. The number of fused-ring (bicyclic) bond motifs is 1. The summed E-state index contributed by atoms with van der Waals surface area (Å²) in [5, 5.41) is 8.48. The Labute approximate surface area is 108 Å². The number of rotatable bonds is 4. The van der Waals surface area contributed by atoms with Crippen LogP contribution in [0.5, 0.6) is 0 Å². The molecule has 98 valence electrons. The van der Waals surface area contributed by atoms with Crippen molar-refractivity contribution in [3.8, 4) is 0 Å². The monoisotopic (exact) mass is 261 g/mol. The molecule has 0 bridgehead atoms. The smallest absolute Gasteiger partial charge is 0.303 e. The van der Waals surface area contributed by atoms with Crippen molar-refractivity contribution in [2.24, 2.45) is 0 Å². The molecule has 1 N–H and O–H groups in total. The first-order valence-electron chi connectivity index (χ1n) is 5.75. The number of nitrogens with zero attached hydrogens (tertiary/aromatic N) is 1. The highest BCUT2D eigenvalue weighted by Crippen LogP contribution is 2.23. The third-order valence-corrected chi connectivity index (χ3v) is 2.82. The topological polar surface area (TPSA) is 91.8 Å². The Morgan fingerprint density at radius 2 is 1.53 bits per heavy atom. The number of carboxylic acid groups (broad SMARTS) is 1. The van der Waals surface area contributed by atoms with Crippen molar-refractivity contribution in [1.29, 1.82) is 0 Å². The molecule has 0 atom stereocenters. The SMILES string of the molecule is O=C(O)CCCC(=O)N1C(=O)c2ccccc2C1=O. The highest BCUT2D eigenvalue weighted by molar-refractivity contribution is 6.28. The molecule has 0 aromatic heterocycles. The average Bonchev–Trinajstić information content (AvgIpc) is 2.62. The summed E-state index contributed by atoms with van der Waals surface area (Å²) in [7, 11) is 0. The third kappa shape index (κ3) is 2.37. The molecule has 0 saturated carbocycles. The van der Waals surface area contributed by atoms with Crippen molar-refractivity contribution < 1.29 is 24.3 Å². The van der Waals surface area contributed by atoms with Crippen LogP contribution in [0.3, 0.4) is 0 Å². The molecule has 1 aliphatic rings. The van der Waals surface area contributed by atoms with Crippen LogP contribution < -0.4 is 0 Å². The zero-order valence-corrected chi connectivity index (χ0v) is 9.96. The van der Waals surface area contributed by atoms with Crippen molar-refractivity contribution >= 4 is 23.7 Å². The van der Waals surface area contributed by atoms with E-state index in [1.54, 1.807) is 12.1 Å². The number of aliphatic carboxylic acids is 1. The van der Waals surface area contributed by atoms with Gasteiger partial charge in [0, 0.05) is 12.8 Å². The van der Waals surface area contributed by atoms with Gasteiger partial charge in [-0.15, -0.1) is 0 Å². The maximum absolute atomic E-state index is 11.9. The van der Waals surface area contributed by atoms with Gasteiger partial charge in [0.25, 0.3) is 11.8 Å². The Bertz CT molecular complexity index is 543. The summed E-state index contributed by atoms with van der Waals surface area (Å²) in [6.45, 7) is 0. The van der Waals surface area contributed by atoms with Gasteiger partial charge in [0.1, 0.15) is 0 Å². The molecule has 0 unspecified atom stereocenters. The lowest BCUT2D eigenvalue weighted by Gasteiger charge is -2.10. The van der Waals surface area contributed by atoms with E-state index in [2.05, 4.69) is 0 Å². The lowest BCUT2D eigenvalue weighted by atomic mass is 10.1. The molecule has 6 heteroatoms. The second-order valence-electron chi connectivity index (χ2n) is 4.13. The standard InChI is InChI=1S/C13H11NO5/c15-10(6-3-7-11(16)17)14-12(18)8-4-1-2-5-9(8)13(14)19/h1-2,4-5H,3,6-7H2,(H,16,17). The minimum Gasteiger partial charge on any atom is -0.481 e. The van der Waals surface area contributed by atoms with E-state index in [0.717, 1.165) is 0 Å². The predicted molar refractivity (Wildman–Crippen MR) is 63.4 cm³/mol. The summed E-state index contributed by atoms with van der Waals surface area (Å²) < 4.78 is 0. The highest BCUT2D eigenvalue weighted by Gasteiger charge is 2.38. The number of benzene rings is 1. The van der Waals surface area contributed by atoms with Crippen molar-refractivity contribution in [1.82, 2.24) is 4.90 Å². The van der Waals surface area contributed by atoms with Crippen molar-refractivity contribution in [2.75, 3.05) is 0 Å². The Balaban J connectivity index is 2.11. The Hall–Kier alpha value is -2.50. The maximum atomic E-state index is 11.9. The highest BCUT2D eigenvalue weighted by atomic mass is 16.4. The quantitative estimate of drug-likeness (QED) is 0.818. The molecular formula is C13H11NO5. The van der Waals surface area contributed by atoms with Gasteiger partial charge >= 0.3 is 5.97 Å². The van der Waals surface area contributed by atoms with Crippen LogP contribution in [0.2, 0.25) is 0 Å². The fourth-order valence-electron chi connectivity index (χ4n) is 1.92. The first-order valence-corrected chi connectivity index (χ1v) is 5.75. The summed E-state index contributed by atoms with van der Waals surface area (Å²) >= 11 is 0. The van der Waals surface area contributed by atoms with Gasteiger partial charge in [-0.2, -0.15) is 0 Å². The number of hydrogen-bond donors (Lipinski definition) is 1. The molecule has 19 heavy (non-hydrogen) atoms. The molecule has 3 amide bonds. The normalized spacial score (nSPS) is 13.6. The lowest BCUT2D eigenvalue weighted by molar-refractivity contribution is -0.137. The summed E-state index contributed by atoms with van der Waals surface area (Å²) in [5.41, 5.74) is 0.415. The molecule has 1 heterocycles. The molecule has 2 rings (SSSR count). The van der Waals surface area contributed by atoms with E-state index in [4.69, 9.17) is 5.11 Å². The Morgan fingerprint density at radius 1 is 1.00 bits per heavy atom. The number of imide groups is 3. The molecule has 0 fully saturated rings. The molecule has 6 nitrogen and oxygen atoms in total. The molecule has 1 aliphatic heterocycles. The zero-order chi connectivity index (χ0) is 14.0. The first kappa shape index (κ1) is 12.9. The zero-order valence-electron chi connectivity index (χ0n) is 9.96. The van der Waals surface area contributed by atoms with E-state index in [1.165, 1.54) is 12.1 Å². The predicted octanol–water partition coefficient (Wildman–Crippen LogP) is 1.06. The number of carbonyl (C=O) groups excluding carboxylic acids is 3. The maximum Gasteiger partial charge on any atom is 0.303 e. The molecule has 0 saturated heterocycles. The van der Waals surface area contributed by atoms with Gasteiger partial charge < -0.3 is 5.11 Å². The third-order valence-electron chi connectivity index (χ3n) is 2.82. The molecular weight excluding hydrogens is 250 g/mol. The number of hydrogen-bond acceptors (Lipinski definition) is 4. The fraction of sp³-hybridized carbons (Fsp3) is 0.231. The summed E-state index contributed by atoms with van der Waals surface area (Å²) in [5.74, 6) is -2.95. The largest absolute Gasteiger partial charge is 0.481 e. The van der Waals surface area contributed by atoms with Gasteiger partial charge in [-0.3, -0.25) is 19.2 Å². The van der Waals surface area contributed by atoms with Crippen LogP contribution in [0.15, 0.2) is 24.3 Å². The molecule has 0 radical (unpaired) electrons. The minimum absolute atomic E-state index is 0.0988. The minimum atomic E-state index is -1.02. The number of carboxylic acids is 1. The van der Waals surface area contributed by atoms with E-state index < -0.39 is 23.7 Å². The molecule has 1 aromatic carbocycles. The van der Waals surface area contributed by atoms with Crippen LogP contribution in [-0.4, -0.2) is 33.7 Å². The summed E-state index contributed by atoms with van der Waals surface area (Å²) in [6.07, 6.45) is -0.214. The van der Waals surface area contributed by atoms with Crippen LogP contribution in [0.4, 0.5) is 0 Å². The van der Waals surface area contributed by atoms with Gasteiger partial charge in [0.05, 0.1) is 11.1 Å². The first-order chi connectivity index (χ1) is 9.02. The van der Waals surface area contributed by atoms with Crippen molar-refractivity contribution in [2.45, 2.75) is 19.3 Å². The van der Waals surface area contributed by atoms with Crippen molar-refractivity contribution in [3.63, 3.8) is 0 Å². The second-order valence-corrected chi connectivity index (χ2v) is 4.13. The van der Waals surface area contributed by atoms with Crippen molar-refractivity contribution in [3.05, 3.63) is 35.4 Å².